The molecule has 0 bridgehead atoms. The Balaban J connectivity index is 1.95. The van der Waals surface area contributed by atoms with Gasteiger partial charge in [-0.1, -0.05) is 36.7 Å². The predicted octanol–water partition coefficient (Wildman–Crippen LogP) is 12.3. The molecule has 0 spiro atoms. The van der Waals surface area contributed by atoms with Gasteiger partial charge in [-0.15, -0.1) is 47.0 Å². The Morgan fingerprint density at radius 3 is 1.27 bits per heavy atom. The summed E-state index contributed by atoms with van der Waals surface area (Å²) in [5.41, 5.74) is 3.64. The number of benzene rings is 2. The van der Waals surface area contributed by atoms with Crippen LogP contribution in [0.5, 0.6) is 0 Å². The minimum Gasteiger partial charge on any atom is -0.282 e. The second-order valence-electron chi connectivity index (χ2n) is 8.90. The van der Waals surface area contributed by atoms with E-state index in [1.807, 2.05) is 47.0 Å². The molecule has 0 heterocycles. The summed E-state index contributed by atoms with van der Waals surface area (Å²) in [5, 5.41) is 0.153. The highest BCUT2D eigenvalue weighted by Gasteiger charge is 2.16. The number of hydrogen-bond acceptors (Lipinski definition) is 8. The minimum atomic E-state index is 0.0764. The largest absolute Gasteiger partial charge is 0.282 e. The number of rotatable bonds is 16. The van der Waals surface area contributed by atoms with Gasteiger partial charge in [-0.25, -0.2) is 0 Å². The molecule has 0 aliphatic rings. The Morgan fingerprint density at radius 1 is 0.659 bits per heavy atom. The van der Waals surface area contributed by atoms with Crippen molar-refractivity contribution in [3.8, 4) is 0 Å². The maximum atomic E-state index is 11.7. The van der Waals surface area contributed by atoms with Crippen molar-refractivity contribution in [2.75, 3.05) is 23.0 Å². The zero-order valence-corrected chi connectivity index (χ0v) is 34.4. The van der Waals surface area contributed by atoms with Gasteiger partial charge in [0.15, 0.2) is 0 Å². The van der Waals surface area contributed by atoms with Gasteiger partial charge in [0, 0.05) is 50.7 Å². The van der Waals surface area contributed by atoms with Crippen molar-refractivity contribution in [2.45, 2.75) is 53.1 Å². The van der Waals surface area contributed by atoms with E-state index in [2.05, 4.69) is 115 Å². The van der Waals surface area contributed by atoms with Crippen molar-refractivity contribution in [1.82, 2.24) is 0 Å². The molecular formula is C29H32Br4O2S6. The molecule has 0 aromatic heterocycles. The van der Waals surface area contributed by atoms with Crippen LogP contribution in [0.3, 0.4) is 0 Å². The number of halogens is 4. The average molecular weight is 925 g/mol. The summed E-state index contributed by atoms with van der Waals surface area (Å²) in [6.45, 7) is 15.3. The Bertz CT molecular complexity index is 1130. The molecule has 0 fully saturated rings. The fourth-order valence-electron chi connectivity index (χ4n) is 3.23. The maximum Gasteiger partial charge on any atom is 0.214 e. The third kappa shape index (κ3) is 14.1. The first-order valence-electron chi connectivity index (χ1n) is 12.5. The van der Waals surface area contributed by atoms with Crippen LogP contribution in [0.15, 0.2) is 76.3 Å². The van der Waals surface area contributed by atoms with Crippen LogP contribution >= 0.6 is 134 Å². The molecule has 2 aromatic rings. The Hall–Kier alpha value is 1.28. The molecule has 2 atom stereocenters. The van der Waals surface area contributed by atoms with Gasteiger partial charge in [0.25, 0.3) is 0 Å². The lowest BCUT2D eigenvalue weighted by molar-refractivity contribution is -0.108. The van der Waals surface area contributed by atoms with Crippen LogP contribution in [0, 0.1) is 0 Å². The SMILES string of the molecule is C=C(C)C(=O)SCCSC(C)Sc1c(Br)cc(Cc2cc(Br)c(SC(C)SCCSC(=O)C(=C)C)c(Br)c2)cc1Br. The van der Waals surface area contributed by atoms with Crippen LogP contribution in [0.25, 0.3) is 0 Å². The summed E-state index contributed by atoms with van der Waals surface area (Å²) in [4.78, 5) is 25.8. The molecule has 0 aliphatic carbocycles. The zero-order valence-electron chi connectivity index (χ0n) is 23.2. The van der Waals surface area contributed by atoms with E-state index < -0.39 is 0 Å². The van der Waals surface area contributed by atoms with Crippen molar-refractivity contribution < 1.29 is 9.59 Å². The van der Waals surface area contributed by atoms with Gasteiger partial charge in [0.2, 0.25) is 10.2 Å². The van der Waals surface area contributed by atoms with Gasteiger partial charge in [-0.3, -0.25) is 9.59 Å². The van der Waals surface area contributed by atoms with Crippen molar-refractivity contribution in [1.29, 1.82) is 0 Å². The Morgan fingerprint density at radius 2 is 0.976 bits per heavy atom. The topological polar surface area (TPSA) is 34.1 Å². The van der Waals surface area contributed by atoms with Crippen LogP contribution in [0.4, 0.5) is 0 Å². The molecule has 2 rings (SSSR count). The third-order valence-corrected chi connectivity index (χ3v) is 16.5. The molecule has 0 N–H and O–H groups in total. The first-order valence-corrected chi connectivity index (χ1v) is 21.5. The maximum absolute atomic E-state index is 11.7. The molecule has 12 heteroatoms. The van der Waals surface area contributed by atoms with Gasteiger partial charge < -0.3 is 0 Å². The van der Waals surface area contributed by atoms with Crippen LogP contribution in [-0.4, -0.2) is 42.4 Å². The van der Waals surface area contributed by atoms with Crippen LogP contribution in [-0.2, 0) is 16.0 Å². The van der Waals surface area contributed by atoms with E-state index in [0.717, 1.165) is 47.3 Å². The minimum absolute atomic E-state index is 0.0764. The monoisotopic (exact) mass is 920 g/mol. The quantitative estimate of drug-likeness (QED) is 0.0713. The smallest absolute Gasteiger partial charge is 0.214 e. The molecule has 0 radical (unpaired) electrons. The van der Waals surface area contributed by atoms with Crippen molar-refractivity contribution in [3.63, 3.8) is 0 Å². The lowest BCUT2D eigenvalue weighted by Gasteiger charge is -2.16. The number of thioether (sulfide) groups is 6. The van der Waals surface area contributed by atoms with Gasteiger partial charge in [0.1, 0.15) is 0 Å². The Kier molecular flexibility index (Phi) is 18.5. The second kappa shape index (κ2) is 19.7. The predicted molar refractivity (Wildman–Crippen MR) is 207 cm³/mol. The highest BCUT2D eigenvalue weighted by Crippen LogP contribution is 2.43. The third-order valence-electron chi connectivity index (χ3n) is 5.13. The summed E-state index contributed by atoms with van der Waals surface area (Å²) < 4.78 is 5.00. The molecule has 2 nitrogen and oxygen atoms in total. The molecular weight excluding hydrogens is 892 g/mol. The molecule has 2 aromatic carbocycles. The van der Waals surface area contributed by atoms with Gasteiger partial charge in [-0.05, 0) is 144 Å². The summed E-state index contributed by atoms with van der Waals surface area (Å²) in [5.74, 6) is 3.41. The van der Waals surface area contributed by atoms with E-state index >= 15 is 0 Å². The van der Waals surface area contributed by atoms with E-state index in [9.17, 15) is 9.59 Å². The highest BCUT2D eigenvalue weighted by atomic mass is 79.9. The standard InChI is InChI=1S/C29H32Br4O2S6/c1-16(2)28(34)38-9-7-36-18(5)40-26-22(30)12-20(13-23(26)31)11-21-14-24(32)27(25(33)15-21)41-19(6)37-8-10-39-29(35)17(3)4/h12-15,18-19H,1,3,7-11H2,2,4-6H3. The fraction of sp³-hybridized carbons (Fsp3) is 0.379. The first-order chi connectivity index (χ1) is 19.3. The molecule has 0 saturated heterocycles. The van der Waals surface area contributed by atoms with Crippen LogP contribution < -0.4 is 0 Å². The van der Waals surface area contributed by atoms with Gasteiger partial charge >= 0.3 is 0 Å². The Labute approximate surface area is 304 Å². The molecule has 224 valence electrons. The normalized spacial score (nSPS) is 12.7. The van der Waals surface area contributed by atoms with E-state index in [4.69, 9.17) is 0 Å². The highest BCUT2D eigenvalue weighted by molar-refractivity contribution is 9.11. The average Bonchev–Trinajstić information content (AvgIpc) is 2.88. The van der Waals surface area contributed by atoms with Crippen LogP contribution in [0.1, 0.15) is 38.8 Å². The summed E-state index contributed by atoms with van der Waals surface area (Å²) >= 11 is 25.2. The van der Waals surface area contributed by atoms with Gasteiger partial charge in [0.05, 0.1) is 9.16 Å². The van der Waals surface area contributed by atoms with Crippen molar-refractivity contribution >= 4 is 145 Å². The number of hydrogen-bond donors (Lipinski definition) is 0. The van der Waals surface area contributed by atoms with E-state index in [1.54, 1.807) is 13.8 Å². The zero-order chi connectivity index (χ0) is 30.7. The molecule has 2 unspecified atom stereocenters. The number of carbonyl (C=O) groups excluding carboxylic acids is 2. The van der Waals surface area contributed by atoms with E-state index in [1.165, 1.54) is 44.4 Å². The molecule has 0 amide bonds. The van der Waals surface area contributed by atoms with Gasteiger partial charge in [-0.2, -0.15) is 0 Å². The summed E-state index contributed by atoms with van der Waals surface area (Å²) in [6, 6.07) is 8.80. The summed E-state index contributed by atoms with van der Waals surface area (Å²) in [6.07, 6.45) is 0.806. The molecule has 0 aliphatic heterocycles. The molecule has 41 heavy (non-hydrogen) atoms. The van der Waals surface area contributed by atoms with E-state index in [-0.39, 0.29) is 10.2 Å². The van der Waals surface area contributed by atoms with Crippen LogP contribution in [0.2, 0.25) is 0 Å². The second-order valence-corrected chi connectivity index (χ2v) is 20.6. The first kappa shape index (κ1) is 38.5. The molecule has 0 saturated carbocycles. The number of carbonyl (C=O) groups is 2. The fourth-order valence-corrected chi connectivity index (χ4v) is 12.9. The van der Waals surface area contributed by atoms with Crippen molar-refractivity contribution in [2.24, 2.45) is 0 Å². The lowest BCUT2D eigenvalue weighted by Crippen LogP contribution is -1.99. The van der Waals surface area contributed by atoms with E-state index in [0.29, 0.717) is 20.3 Å². The van der Waals surface area contributed by atoms with Crippen molar-refractivity contribution in [3.05, 3.63) is 77.6 Å². The summed E-state index contributed by atoms with van der Waals surface area (Å²) in [7, 11) is 0. The lowest BCUT2D eigenvalue weighted by atomic mass is 10.1.